The number of halogens is 1. The van der Waals surface area contributed by atoms with Crippen LogP contribution < -0.4 is 5.01 Å². The van der Waals surface area contributed by atoms with Crippen LogP contribution in [0.1, 0.15) is 48.9 Å². The van der Waals surface area contributed by atoms with Crippen molar-refractivity contribution in [2.75, 3.05) is 5.01 Å². The highest BCUT2D eigenvalue weighted by molar-refractivity contribution is 9.10. The zero-order valence-electron chi connectivity index (χ0n) is 15.6. The Bertz CT molecular complexity index is 928. The molecule has 1 atom stereocenters. The van der Waals surface area contributed by atoms with Crippen LogP contribution in [0.3, 0.4) is 0 Å². The first-order chi connectivity index (χ1) is 13.1. The molecule has 0 aliphatic carbocycles. The van der Waals surface area contributed by atoms with Gasteiger partial charge in [-0.25, -0.2) is 0 Å². The van der Waals surface area contributed by atoms with Gasteiger partial charge >= 0.3 is 0 Å². The van der Waals surface area contributed by atoms with Gasteiger partial charge in [-0.3, -0.25) is 5.01 Å². The molecule has 0 spiro atoms. The molecule has 0 bridgehead atoms. The van der Waals surface area contributed by atoms with Crippen molar-refractivity contribution in [1.82, 2.24) is 0 Å². The van der Waals surface area contributed by atoms with Crippen LogP contribution in [0.15, 0.2) is 88.4 Å². The number of nitrogens with zero attached hydrogens (tertiary/aromatic N) is 2. The van der Waals surface area contributed by atoms with Crippen molar-refractivity contribution < 1.29 is 0 Å². The first-order valence-corrected chi connectivity index (χ1v) is 10.2. The summed E-state index contributed by atoms with van der Waals surface area (Å²) in [6.07, 6.45) is 0.900. The van der Waals surface area contributed by atoms with Crippen molar-refractivity contribution in [1.29, 1.82) is 0 Å². The Kier molecular flexibility index (Phi) is 5.13. The lowest BCUT2D eigenvalue weighted by molar-refractivity contribution is 0.707. The number of hydrogen-bond donors (Lipinski definition) is 0. The van der Waals surface area contributed by atoms with Crippen LogP contribution in [-0.2, 0) is 0 Å². The average Bonchev–Trinajstić information content (AvgIpc) is 3.15. The third kappa shape index (κ3) is 3.84. The van der Waals surface area contributed by atoms with Gasteiger partial charge in [-0.05, 0) is 46.9 Å². The molecule has 0 N–H and O–H groups in total. The van der Waals surface area contributed by atoms with E-state index < -0.39 is 0 Å². The number of hydrogen-bond acceptors (Lipinski definition) is 2. The molecule has 1 heterocycles. The monoisotopic (exact) mass is 418 g/mol. The molecule has 3 aromatic rings. The fourth-order valence-electron chi connectivity index (χ4n) is 3.51. The van der Waals surface area contributed by atoms with E-state index in [-0.39, 0.29) is 6.04 Å². The van der Waals surface area contributed by atoms with E-state index in [9.17, 15) is 0 Å². The Morgan fingerprint density at radius 3 is 2.19 bits per heavy atom. The molecular formula is C24H23BrN2. The highest BCUT2D eigenvalue weighted by Gasteiger charge is 2.29. The maximum atomic E-state index is 5.01. The van der Waals surface area contributed by atoms with E-state index in [1.165, 1.54) is 16.7 Å². The van der Waals surface area contributed by atoms with Crippen molar-refractivity contribution in [3.63, 3.8) is 0 Å². The molecule has 0 fully saturated rings. The number of anilines is 1. The highest BCUT2D eigenvalue weighted by Crippen LogP contribution is 2.37. The second-order valence-electron chi connectivity index (χ2n) is 7.27. The minimum Gasteiger partial charge on any atom is -0.257 e. The smallest absolute Gasteiger partial charge is 0.0831 e. The van der Waals surface area contributed by atoms with Crippen LogP contribution in [0.2, 0.25) is 0 Å². The normalized spacial score (nSPS) is 16.7. The fourth-order valence-corrected chi connectivity index (χ4v) is 3.77. The molecule has 1 aliphatic heterocycles. The molecular weight excluding hydrogens is 396 g/mol. The third-order valence-electron chi connectivity index (χ3n) is 5.10. The van der Waals surface area contributed by atoms with Gasteiger partial charge in [-0.1, -0.05) is 84.4 Å². The highest BCUT2D eigenvalue weighted by atomic mass is 79.9. The maximum absolute atomic E-state index is 5.01. The van der Waals surface area contributed by atoms with Gasteiger partial charge in [0.15, 0.2) is 0 Å². The number of hydrazone groups is 1. The molecule has 1 aliphatic rings. The second-order valence-corrected chi connectivity index (χ2v) is 8.19. The zero-order chi connectivity index (χ0) is 18.8. The van der Waals surface area contributed by atoms with Crippen molar-refractivity contribution in [3.05, 3.63) is 100 Å². The first-order valence-electron chi connectivity index (χ1n) is 9.39. The van der Waals surface area contributed by atoms with Gasteiger partial charge in [0.25, 0.3) is 0 Å². The van der Waals surface area contributed by atoms with Crippen LogP contribution in [0.4, 0.5) is 5.69 Å². The van der Waals surface area contributed by atoms with Gasteiger partial charge in [0.05, 0.1) is 17.4 Å². The Labute approximate surface area is 169 Å². The summed E-state index contributed by atoms with van der Waals surface area (Å²) in [5.41, 5.74) is 6.11. The molecule has 0 aromatic heterocycles. The van der Waals surface area contributed by atoms with Crippen molar-refractivity contribution >= 4 is 27.3 Å². The predicted molar refractivity (Wildman–Crippen MR) is 117 cm³/mol. The summed E-state index contributed by atoms with van der Waals surface area (Å²) in [5, 5.41) is 7.18. The van der Waals surface area contributed by atoms with Crippen LogP contribution >= 0.6 is 15.9 Å². The largest absolute Gasteiger partial charge is 0.257 e. The van der Waals surface area contributed by atoms with Crippen molar-refractivity contribution in [2.45, 2.75) is 32.2 Å². The van der Waals surface area contributed by atoms with E-state index in [2.05, 4.69) is 108 Å². The van der Waals surface area contributed by atoms with Crippen LogP contribution in [0.25, 0.3) is 0 Å². The Morgan fingerprint density at radius 1 is 0.889 bits per heavy atom. The molecule has 0 amide bonds. The van der Waals surface area contributed by atoms with Crippen molar-refractivity contribution in [2.24, 2.45) is 5.10 Å². The van der Waals surface area contributed by atoms with E-state index in [1.807, 2.05) is 6.07 Å². The standard InChI is InChI=1S/C24H23BrN2/c1-17(2)18-8-10-20(11-9-18)24-16-23(19-12-14-21(25)15-13-19)26-27(24)22-6-4-3-5-7-22/h3-15,17,24H,16H2,1-2H3. The minimum atomic E-state index is 0.215. The number of para-hydroxylation sites is 1. The topological polar surface area (TPSA) is 15.6 Å². The number of rotatable bonds is 4. The molecule has 3 aromatic carbocycles. The lowest BCUT2D eigenvalue weighted by atomic mass is 9.95. The van der Waals surface area contributed by atoms with Gasteiger partial charge in [0.1, 0.15) is 0 Å². The predicted octanol–water partition coefficient (Wildman–Crippen LogP) is 6.93. The van der Waals surface area contributed by atoms with Gasteiger partial charge < -0.3 is 0 Å². The summed E-state index contributed by atoms with van der Waals surface area (Å²) in [7, 11) is 0. The van der Waals surface area contributed by atoms with Gasteiger partial charge in [-0.15, -0.1) is 0 Å². The zero-order valence-corrected chi connectivity index (χ0v) is 17.2. The SMILES string of the molecule is CC(C)c1ccc(C2CC(c3ccc(Br)cc3)=NN2c2ccccc2)cc1. The molecule has 0 saturated heterocycles. The Balaban J connectivity index is 1.70. The maximum Gasteiger partial charge on any atom is 0.0831 e. The molecule has 1 unspecified atom stereocenters. The van der Waals surface area contributed by atoms with E-state index in [0.717, 1.165) is 22.3 Å². The van der Waals surface area contributed by atoms with Crippen LogP contribution in [0.5, 0.6) is 0 Å². The molecule has 27 heavy (non-hydrogen) atoms. The molecule has 3 heteroatoms. The molecule has 136 valence electrons. The summed E-state index contributed by atoms with van der Waals surface area (Å²) in [6.45, 7) is 4.46. The lowest BCUT2D eigenvalue weighted by Crippen LogP contribution is -2.18. The summed E-state index contributed by atoms with van der Waals surface area (Å²) in [5.74, 6) is 0.544. The molecule has 0 saturated carbocycles. The Hall–Kier alpha value is -2.39. The van der Waals surface area contributed by atoms with E-state index in [1.54, 1.807) is 0 Å². The quantitative estimate of drug-likeness (QED) is 0.448. The summed E-state index contributed by atoms with van der Waals surface area (Å²) in [4.78, 5) is 0. The second kappa shape index (κ2) is 7.69. The molecule has 0 radical (unpaired) electrons. The van der Waals surface area contributed by atoms with E-state index >= 15 is 0 Å². The lowest BCUT2D eigenvalue weighted by Gasteiger charge is -2.24. The van der Waals surface area contributed by atoms with E-state index in [0.29, 0.717) is 5.92 Å². The summed E-state index contributed by atoms with van der Waals surface area (Å²) < 4.78 is 1.09. The van der Waals surface area contributed by atoms with Gasteiger partial charge in [-0.2, -0.15) is 5.10 Å². The summed E-state index contributed by atoms with van der Waals surface area (Å²) in [6, 6.07) is 28.1. The molecule has 4 rings (SSSR count). The van der Waals surface area contributed by atoms with E-state index in [4.69, 9.17) is 5.10 Å². The van der Waals surface area contributed by atoms with Crippen molar-refractivity contribution in [3.8, 4) is 0 Å². The average molecular weight is 419 g/mol. The van der Waals surface area contributed by atoms with Crippen LogP contribution in [0, 0.1) is 0 Å². The minimum absolute atomic E-state index is 0.215. The van der Waals surface area contributed by atoms with Crippen LogP contribution in [-0.4, -0.2) is 5.71 Å². The van der Waals surface area contributed by atoms with Gasteiger partial charge in [0, 0.05) is 10.9 Å². The van der Waals surface area contributed by atoms with Gasteiger partial charge in [0.2, 0.25) is 0 Å². The third-order valence-corrected chi connectivity index (χ3v) is 5.63. The summed E-state index contributed by atoms with van der Waals surface area (Å²) >= 11 is 3.52. The number of benzene rings is 3. The Morgan fingerprint density at radius 2 is 1.56 bits per heavy atom. The first kappa shape index (κ1) is 18.0. The fraction of sp³-hybridized carbons (Fsp3) is 0.208. The molecule has 2 nitrogen and oxygen atoms in total.